The molecule has 194 valence electrons. The highest BCUT2D eigenvalue weighted by atomic mass is 32.1. The minimum absolute atomic E-state index is 0.0603. The number of nitrogens with zero attached hydrogens (tertiary/aromatic N) is 6. The Balaban J connectivity index is 1.03. The van der Waals surface area contributed by atoms with Crippen LogP contribution in [0.5, 0.6) is 0 Å². The van der Waals surface area contributed by atoms with E-state index in [2.05, 4.69) is 54.6 Å². The van der Waals surface area contributed by atoms with Gasteiger partial charge in [-0.2, -0.15) is 5.10 Å². The van der Waals surface area contributed by atoms with Crippen LogP contribution < -0.4 is 15.1 Å². The number of morpholine rings is 2. The fourth-order valence-electron chi connectivity index (χ4n) is 5.07. The lowest BCUT2D eigenvalue weighted by molar-refractivity contribution is 0.0402. The van der Waals surface area contributed by atoms with Crippen LogP contribution in [0.15, 0.2) is 55.0 Å². The molecule has 1 unspecified atom stereocenters. The number of thiophene rings is 1. The number of aromatic nitrogens is 5. The minimum Gasteiger partial charge on any atom is -0.379 e. The summed E-state index contributed by atoms with van der Waals surface area (Å²) in [6.07, 6.45) is 5.64. The van der Waals surface area contributed by atoms with Crippen LogP contribution in [0.1, 0.15) is 16.5 Å². The van der Waals surface area contributed by atoms with Crippen molar-refractivity contribution in [2.24, 2.45) is 0 Å². The number of ether oxygens (including phenoxy) is 2. The molecule has 2 N–H and O–H groups in total. The minimum atomic E-state index is -0.0603. The Morgan fingerprint density at radius 1 is 1.00 bits per heavy atom. The Morgan fingerprint density at radius 2 is 1.92 bits per heavy atom. The average Bonchev–Trinajstić information content (AvgIpc) is 3.63. The Labute approximate surface area is 223 Å². The maximum absolute atomic E-state index is 6.14. The van der Waals surface area contributed by atoms with Gasteiger partial charge in [-0.1, -0.05) is 12.1 Å². The van der Waals surface area contributed by atoms with Gasteiger partial charge in [-0.05, 0) is 29.8 Å². The highest BCUT2D eigenvalue weighted by Gasteiger charge is 2.25. The molecule has 2 fully saturated rings. The van der Waals surface area contributed by atoms with Crippen LogP contribution in [-0.2, 0) is 16.0 Å². The molecule has 11 heteroatoms. The summed E-state index contributed by atoms with van der Waals surface area (Å²) < 4.78 is 12.7. The zero-order valence-electron chi connectivity index (χ0n) is 20.8. The van der Waals surface area contributed by atoms with Gasteiger partial charge in [0.25, 0.3) is 0 Å². The predicted molar refractivity (Wildman–Crippen MR) is 149 cm³/mol. The second-order valence-electron chi connectivity index (χ2n) is 9.47. The summed E-state index contributed by atoms with van der Waals surface area (Å²) in [5.74, 6) is 1.74. The van der Waals surface area contributed by atoms with E-state index < -0.39 is 0 Å². The molecule has 0 spiro atoms. The second kappa shape index (κ2) is 10.2. The van der Waals surface area contributed by atoms with E-state index in [9.17, 15) is 0 Å². The summed E-state index contributed by atoms with van der Waals surface area (Å²) in [5.41, 5.74) is 4.12. The number of H-pyrrole nitrogens is 1. The zero-order chi connectivity index (χ0) is 25.3. The molecule has 0 radical (unpaired) electrons. The molecule has 2 saturated heterocycles. The second-order valence-corrected chi connectivity index (χ2v) is 10.6. The number of fused-ring (bicyclic) bond motifs is 2. The maximum Gasteiger partial charge on any atom is 0.226 e. The van der Waals surface area contributed by atoms with Crippen LogP contribution in [0.4, 0.5) is 17.5 Å². The average molecular weight is 529 g/mol. The normalized spacial score (nSPS) is 18.4. The van der Waals surface area contributed by atoms with E-state index in [0.717, 1.165) is 77.0 Å². The standard InChI is InChI=1S/C27H28N8O2S/c1-2-20(21-15-31-33-22(21)3-1)24-17-35(8-11-37-24)27-30-16-25-23(32-27)12-19(38-25)14-28-18-4-5-26(29-13-18)34-6-9-36-10-7-34/h1-5,12-13,15-16,24,28H,6-11,14,17H2,(H,31,33). The predicted octanol–water partition coefficient (Wildman–Crippen LogP) is 3.99. The van der Waals surface area contributed by atoms with Crippen molar-refractivity contribution in [2.75, 3.05) is 61.1 Å². The summed E-state index contributed by atoms with van der Waals surface area (Å²) in [6.45, 7) is 6.07. The van der Waals surface area contributed by atoms with Gasteiger partial charge in [0.1, 0.15) is 11.9 Å². The van der Waals surface area contributed by atoms with Gasteiger partial charge in [0.2, 0.25) is 5.95 Å². The Kier molecular flexibility index (Phi) is 6.24. The first-order valence-corrected chi connectivity index (χ1v) is 13.7. The Hall–Kier alpha value is -3.80. The molecule has 7 rings (SSSR count). The molecule has 2 aliphatic heterocycles. The van der Waals surface area contributed by atoms with Gasteiger partial charge in [0.05, 0.1) is 66.4 Å². The van der Waals surface area contributed by atoms with E-state index >= 15 is 0 Å². The number of anilines is 3. The van der Waals surface area contributed by atoms with Gasteiger partial charge in [0.15, 0.2) is 0 Å². The van der Waals surface area contributed by atoms with Crippen molar-refractivity contribution in [1.82, 2.24) is 25.1 Å². The molecule has 2 aliphatic rings. The van der Waals surface area contributed by atoms with Crippen LogP contribution in [-0.4, -0.2) is 71.1 Å². The van der Waals surface area contributed by atoms with Crippen molar-refractivity contribution < 1.29 is 9.47 Å². The highest BCUT2D eigenvalue weighted by Crippen LogP contribution is 2.31. The SMILES string of the molecule is c1cc(C2CN(c3ncc4sc(CNc5ccc(N6CCOCC6)nc5)cc4n3)CCO2)c2cn[nH]c2c1. The van der Waals surface area contributed by atoms with Gasteiger partial charge in [-0.15, -0.1) is 11.3 Å². The quantitative estimate of drug-likeness (QED) is 0.339. The van der Waals surface area contributed by atoms with Gasteiger partial charge in [-0.25, -0.2) is 15.0 Å². The summed E-state index contributed by atoms with van der Waals surface area (Å²) in [6, 6.07) is 12.5. The Bertz CT molecular complexity index is 1550. The first kappa shape index (κ1) is 23.3. The van der Waals surface area contributed by atoms with E-state index in [4.69, 9.17) is 19.4 Å². The number of hydrogen-bond donors (Lipinski definition) is 2. The van der Waals surface area contributed by atoms with E-state index in [1.807, 2.05) is 30.7 Å². The van der Waals surface area contributed by atoms with Crippen LogP contribution >= 0.6 is 11.3 Å². The van der Waals surface area contributed by atoms with Crippen molar-refractivity contribution in [1.29, 1.82) is 0 Å². The zero-order valence-corrected chi connectivity index (χ0v) is 21.7. The molecular formula is C27H28N8O2S. The number of nitrogens with one attached hydrogen (secondary N) is 2. The summed E-state index contributed by atoms with van der Waals surface area (Å²) in [5, 5.41) is 11.8. The van der Waals surface area contributed by atoms with Crippen molar-refractivity contribution in [2.45, 2.75) is 12.6 Å². The number of aromatic amines is 1. The molecule has 6 heterocycles. The topological polar surface area (TPSA) is 104 Å². The van der Waals surface area contributed by atoms with Crippen LogP contribution in [0.2, 0.25) is 0 Å². The molecule has 1 aromatic carbocycles. The fraction of sp³-hybridized carbons (Fsp3) is 0.333. The summed E-state index contributed by atoms with van der Waals surface area (Å²) >= 11 is 1.71. The lowest BCUT2D eigenvalue weighted by atomic mass is 10.0. The fourth-order valence-corrected chi connectivity index (χ4v) is 5.98. The summed E-state index contributed by atoms with van der Waals surface area (Å²) in [4.78, 5) is 19.9. The highest BCUT2D eigenvalue weighted by molar-refractivity contribution is 7.19. The number of hydrogen-bond acceptors (Lipinski definition) is 10. The molecular weight excluding hydrogens is 500 g/mol. The Morgan fingerprint density at radius 3 is 2.82 bits per heavy atom. The lowest BCUT2D eigenvalue weighted by Gasteiger charge is -2.33. The third-order valence-corrected chi connectivity index (χ3v) is 8.13. The number of rotatable bonds is 6. The van der Waals surface area contributed by atoms with Crippen molar-refractivity contribution in [3.05, 3.63) is 65.4 Å². The van der Waals surface area contributed by atoms with Crippen LogP contribution in [0.3, 0.4) is 0 Å². The molecule has 38 heavy (non-hydrogen) atoms. The van der Waals surface area contributed by atoms with E-state index in [0.29, 0.717) is 19.7 Å². The molecule has 0 aliphatic carbocycles. The smallest absolute Gasteiger partial charge is 0.226 e. The summed E-state index contributed by atoms with van der Waals surface area (Å²) in [7, 11) is 0. The van der Waals surface area contributed by atoms with Crippen molar-refractivity contribution >= 4 is 49.9 Å². The van der Waals surface area contributed by atoms with Gasteiger partial charge >= 0.3 is 0 Å². The number of benzene rings is 1. The molecule has 5 aromatic rings. The third-order valence-electron chi connectivity index (χ3n) is 7.07. The first-order chi connectivity index (χ1) is 18.8. The molecule has 10 nitrogen and oxygen atoms in total. The first-order valence-electron chi connectivity index (χ1n) is 12.9. The lowest BCUT2D eigenvalue weighted by Crippen LogP contribution is -2.39. The van der Waals surface area contributed by atoms with E-state index in [1.54, 1.807) is 11.3 Å². The molecule has 0 bridgehead atoms. The van der Waals surface area contributed by atoms with Gasteiger partial charge in [0, 0.05) is 36.4 Å². The molecule has 0 saturated carbocycles. The largest absolute Gasteiger partial charge is 0.379 e. The number of pyridine rings is 1. The van der Waals surface area contributed by atoms with Crippen molar-refractivity contribution in [3.63, 3.8) is 0 Å². The van der Waals surface area contributed by atoms with Crippen LogP contribution in [0, 0.1) is 0 Å². The third kappa shape index (κ3) is 4.64. The van der Waals surface area contributed by atoms with E-state index in [1.165, 1.54) is 4.88 Å². The van der Waals surface area contributed by atoms with Crippen LogP contribution in [0.25, 0.3) is 21.1 Å². The molecule has 1 atom stereocenters. The van der Waals surface area contributed by atoms with Crippen molar-refractivity contribution in [3.8, 4) is 0 Å². The maximum atomic E-state index is 6.14. The van der Waals surface area contributed by atoms with Gasteiger partial charge in [-0.3, -0.25) is 5.10 Å². The van der Waals surface area contributed by atoms with Gasteiger partial charge < -0.3 is 24.6 Å². The van der Waals surface area contributed by atoms with E-state index in [-0.39, 0.29) is 6.10 Å². The molecule has 4 aromatic heterocycles. The monoisotopic (exact) mass is 528 g/mol. The molecule has 0 amide bonds.